The van der Waals surface area contributed by atoms with Crippen molar-refractivity contribution < 1.29 is 4.79 Å². The van der Waals surface area contributed by atoms with E-state index in [9.17, 15) is 4.79 Å². The topological polar surface area (TPSA) is 41.1 Å². The second kappa shape index (κ2) is 8.39. The molecule has 2 amide bonds. The maximum absolute atomic E-state index is 11.8. The molecule has 106 valence electrons. The lowest BCUT2D eigenvalue weighted by Gasteiger charge is -2.24. The van der Waals surface area contributed by atoms with Crippen molar-refractivity contribution in [2.24, 2.45) is 5.92 Å². The molecule has 1 rings (SSSR count). The average molecular weight is 254 g/mol. The molecule has 0 aromatic rings. The molecule has 0 unspecified atom stereocenters. The minimum absolute atomic E-state index is 0.0268. The van der Waals surface area contributed by atoms with Crippen molar-refractivity contribution >= 4 is 6.03 Å². The molecule has 2 N–H and O–H groups in total. The highest BCUT2D eigenvalue weighted by atomic mass is 16.2. The molecule has 1 atom stereocenters. The summed E-state index contributed by atoms with van der Waals surface area (Å²) in [4.78, 5) is 11.8. The van der Waals surface area contributed by atoms with E-state index >= 15 is 0 Å². The average Bonchev–Trinajstić information content (AvgIpc) is 2.29. The van der Waals surface area contributed by atoms with E-state index in [1.54, 1.807) is 0 Å². The molecule has 0 aliphatic heterocycles. The quantitative estimate of drug-likeness (QED) is 0.743. The molecule has 3 nitrogen and oxygen atoms in total. The first kappa shape index (κ1) is 15.3. The molecule has 0 aromatic carbocycles. The third-order valence-electron chi connectivity index (χ3n) is 3.74. The van der Waals surface area contributed by atoms with Gasteiger partial charge in [0.15, 0.2) is 0 Å². The zero-order chi connectivity index (χ0) is 13.4. The summed E-state index contributed by atoms with van der Waals surface area (Å²) >= 11 is 0. The largest absolute Gasteiger partial charge is 0.336 e. The fraction of sp³-hybridized carbons (Fsp3) is 0.933. The lowest BCUT2D eigenvalue weighted by atomic mass is 9.96. The molecule has 1 fully saturated rings. The summed E-state index contributed by atoms with van der Waals surface area (Å²) in [5.74, 6) is 0.758. The maximum atomic E-state index is 11.8. The van der Waals surface area contributed by atoms with Crippen molar-refractivity contribution in [2.75, 3.05) is 0 Å². The summed E-state index contributed by atoms with van der Waals surface area (Å²) in [6.07, 6.45) is 9.66. The van der Waals surface area contributed by atoms with Gasteiger partial charge in [0, 0.05) is 12.1 Å². The van der Waals surface area contributed by atoms with Crippen LogP contribution >= 0.6 is 0 Å². The van der Waals surface area contributed by atoms with Gasteiger partial charge in [-0.2, -0.15) is 0 Å². The summed E-state index contributed by atoms with van der Waals surface area (Å²) in [6.45, 7) is 6.59. The first-order chi connectivity index (χ1) is 8.58. The van der Waals surface area contributed by atoms with Gasteiger partial charge in [-0.3, -0.25) is 0 Å². The number of carbonyl (C=O) groups is 1. The third-order valence-corrected chi connectivity index (χ3v) is 3.74. The zero-order valence-corrected chi connectivity index (χ0v) is 12.3. The van der Waals surface area contributed by atoms with Crippen LogP contribution in [0, 0.1) is 5.92 Å². The first-order valence-corrected chi connectivity index (χ1v) is 7.65. The minimum Gasteiger partial charge on any atom is -0.336 e. The van der Waals surface area contributed by atoms with Crippen LogP contribution in [0.2, 0.25) is 0 Å². The lowest BCUT2D eigenvalue weighted by molar-refractivity contribution is 0.228. The van der Waals surface area contributed by atoms with Gasteiger partial charge in [-0.15, -0.1) is 0 Å². The fourth-order valence-corrected chi connectivity index (χ4v) is 2.60. The van der Waals surface area contributed by atoms with E-state index in [0.717, 1.165) is 25.2 Å². The lowest BCUT2D eigenvalue weighted by Crippen LogP contribution is -2.46. The van der Waals surface area contributed by atoms with Crippen LogP contribution in [-0.2, 0) is 0 Å². The van der Waals surface area contributed by atoms with Crippen molar-refractivity contribution in [3.8, 4) is 0 Å². The third kappa shape index (κ3) is 6.87. The molecular weight excluding hydrogens is 224 g/mol. The highest BCUT2D eigenvalue weighted by molar-refractivity contribution is 5.74. The minimum atomic E-state index is 0.0268. The molecule has 1 aliphatic rings. The van der Waals surface area contributed by atoms with Gasteiger partial charge in [0.25, 0.3) is 0 Å². The molecule has 1 aliphatic carbocycles. The highest BCUT2D eigenvalue weighted by Crippen LogP contribution is 2.17. The Morgan fingerprint density at radius 3 is 2.39 bits per heavy atom. The normalized spacial score (nSPS) is 18.7. The van der Waals surface area contributed by atoms with E-state index in [1.807, 2.05) is 0 Å². The monoisotopic (exact) mass is 254 g/mol. The van der Waals surface area contributed by atoms with Gasteiger partial charge in [0.2, 0.25) is 0 Å². The predicted octanol–water partition coefficient (Wildman–Crippen LogP) is 3.83. The van der Waals surface area contributed by atoms with E-state index < -0.39 is 0 Å². The Kier molecular flexibility index (Phi) is 7.14. The van der Waals surface area contributed by atoms with Gasteiger partial charge in [-0.1, -0.05) is 46.0 Å². The van der Waals surface area contributed by atoms with Crippen molar-refractivity contribution in [3.63, 3.8) is 0 Å². The summed E-state index contributed by atoms with van der Waals surface area (Å²) in [6, 6.07) is 0.716. The Hall–Kier alpha value is -0.730. The van der Waals surface area contributed by atoms with Crippen molar-refractivity contribution in [1.82, 2.24) is 10.6 Å². The smallest absolute Gasteiger partial charge is 0.315 e. The number of nitrogens with one attached hydrogen (secondary N) is 2. The Morgan fingerprint density at radius 2 is 1.78 bits per heavy atom. The fourth-order valence-electron chi connectivity index (χ4n) is 2.60. The van der Waals surface area contributed by atoms with Crippen molar-refractivity contribution in [2.45, 2.75) is 84.2 Å². The van der Waals surface area contributed by atoms with E-state index in [-0.39, 0.29) is 12.1 Å². The highest BCUT2D eigenvalue weighted by Gasteiger charge is 2.16. The SMILES string of the molecule is CC(C)CCC[C@@H](C)NC(=O)NC1CCCCC1. The van der Waals surface area contributed by atoms with Crippen LogP contribution < -0.4 is 10.6 Å². The van der Waals surface area contributed by atoms with Crippen molar-refractivity contribution in [3.05, 3.63) is 0 Å². The Bertz CT molecular complexity index is 235. The number of urea groups is 1. The molecular formula is C15H30N2O. The van der Waals surface area contributed by atoms with Gasteiger partial charge < -0.3 is 10.6 Å². The van der Waals surface area contributed by atoms with Crippen molar-refractivity contribution in [1.29, 1.82) is 0 Å². The van der Waals surface area contributed by atoms with Crippen LogP contribution in [0.1, 0.15) is 72.1 Å². The Morgan fingerprint density at radius 1 is 1.11 bits per heavy atom. The molecule has 3 heteroatoms. The molecule has 0 heterocycles. The van der Waals surface area contributed by atoms with Crippen LogP contribution in [0.4, 0.5) is 4.79 Å². The predicted molar refractivity (Wildman–Crippen MR) is 76.7 cm³/mol. The number of hydrogen-bond acceptors (Lipinski definition) is 1. The molecule has 18 heavy (non-hydrogen) atoms. The summed E-state index contributed by atoms with van der Waals surface area (Å²) < 4.78 is 0. The molecule has 0 spiro atoms. The summed E-state index contributed by atoms with van der Waals surface area (Å²) in [5.41, 5.74) is 0. The summed E-state index contributed by atoms with van der Waals surface area (Å²) in [5, 5.41) is 6.15. The number of carbonyl (C=O) groups excluding carboxylic acids is 1. The van der Waals surface area contributed by atoms with Gasteiger partial charge in [-0.25, -0.2) is 4.79 Å². The van der Waals surface area contributed by atoms with Crippen LogP contribution in [0.5, 0.6) is 0 Å². The second-order valence-corrected chi connectivity index (χ2v) is 6.18. The van der Waals surface area contributed by atoms with Crippen LogP contribution in [-0.4, -0.2) is 18.1 Å². The first-order valence-electron chi connectivity index (χ1n) is 7.65. The number of amides is 2. The van der Waals surface area contributed by atoms with E-state index in [4.69, 9.17) is 0 Å². The second-order valence-electron chi connectivity index (χ2n) is 6.18. The maximum Gasteiger partial charge on any atom is 0.315 e. The summed E-state index contributed by atoms with van der Waals surface area (Å²) in [7, 11) is 0. The van der Waals surface area contributed by atoms with E-state index in [0.29, 0.717) is 6.04 Å². The standard InChI is InChI=1S/C15H30N2O/c1-12(2)8-7-9-13(3)16-15(18)17-14-10-5-4-6-11-14/h12-14H,4-11H2,1-3H3,(H2,16,17,18)/t13-/m1/s1. The Labute approximate surface area is 112 Å². The van der Waals surface area contributed by atoms with Gasteiger partial charge in [0.1, 0.15) is 0 Å². The molecule has 0 saturated heterocycles. The number of rotatable bonds is 6. The van der Waals surface area contributed by atoms with Crippen LogP contribution in [0.3, 0.4) is 0 Å². The molecule has 0 bridgehead atoms. The molecule has 0 aromatic heterocycles. The number of hydrogen-bond donors (Lipinski definition) is 2. The van der Waals surface area contributed by atoms with Gasteiger partial charge >= 0.3 is 6.03 Å². The van der Waals surface area contributed by atoms with Gasteiger partial charge in [0.05, 0.1) is 0 Å². The zero-order valence-electron chi connectivity index (χ0n) is 12.3. The molecule has 1 saturated carbocycles. The molecule has 0 radical (unpaired) electrons. The van der Waals surface area contributed by atoms with E-state index in [2.05, 4.69) is 31.4 Å². The Balaban J connectivity index is 2.10. The van der Waals surface area contributed by atoms with Crippen LogP contribution in [0.25, 0.3) is 0 Å². The van der Waals surface area contributed by atoms with E-state index in [1.165, 1.54) is 32.1 Å². The van der Waals surface area contributed by atoms with Gasteiger partial charge in [-0.05, 0) is 32.1 Å². The van der Waals surface area contributed by atoms with Crippen LogP contribution in [0.15, 0.2) is 0 Å².